The summed E-state index contributed by atoms with van der Waals surface area (Å²) in [4.78, 5) is 43.9. The summed E-state index contributed by atoms with van der Waals surface area (Å²) in [7, 11) is 0. The standard InChI is InChI=1S/C24H27N3O4S/c1-15-5-6-17(14-16(15)2)20-21(26-11-13-32-24(26)30)23(29)27(20)18-7-9-25(10-8-18)22(28)19-4-3-12-31-19/h3-6,12,14,18,20-21H,7-11,13H2,1-2H3. The van der Waals surface area contributed by atoms with Gasteiger partial charge in [0.15, 0.2) is 5.76 Å². The predicted molar refractivity (Wildman–Crippen MR) is 121 cm³/mol. The second-order valence-electron chi connectivity index (χ2n) is 8.79. The number of aryl methyl sites for hydroxylation is 2. The van der Waals surface area contributed by atoms with Crippen LogP contribution in [0.2, 0.25) is 0 Å². The lowest BCUT2D eigenvalue weighted by Gasteiger charge is -2.55. The minimum Gasteiger partial charge on any atom is -0.459 e. The number of benzene rings is 1. The summed E-state index contributed by atoms with van der Waals surface area (Å²) in [5, 5.41) is -0.00398. The number of hydrogen-bond donors (Lipinski definition) is 0. The number of nitrogens with zero attached hydrogens (tertiary/aromatic N) is 3. The molecular weight excluding hydrogens is 426 g/mol. The van der Waals surface area contributed by atoms with Crippen LogP contribution in [0.1, 0.15) is 46.1 Å². The molecule has 0 saturated carbocycles. The fraction of sp³-hybridized carbons (Fsp3) is 0.458. The summed E-state index contributed by atoms with van der Waals surface area (Å²) >= 11 is 1.29. The number of thioether (sulfide) groups is 1. The van der Waals surface area contributed by atoms with Crippen molar-refractivity contribution in [2.45, 2.75) is 44.8 Å². The van der Waals surface area contributed by atoms with Crippen LogP contribution in [0.3, 0.4) is 0 Å². The zero-order chi connectivity index (χ0) is 22.4. The smallest absolute Gasteiger partial charge is 0.289 e. The average Bonchev–Trinajstić information content (AvgIpc) is 3.47. The molecule has 4 heterocycles. The van der Waals surface area contributed by atoms with Crippen LogP contribution >= 0.6 is 11.8 Å². The van der Waals surface area contributed by atoms with Gasteiger partial charge in [0.1, 0.15) is 6.04 Å². The Morgan fingerprint density at radius 3 is 2.44 bits per heavy atom. The fourth-order valence-corrected chi connectivity index (χ4v) is 5.89. The maximum Gasteiger partial charge on any atom is 0.289 e. The maximum atomic E-state index is 13.4. The molecule has 8 heteroatoms. The van der Waals surface area contributed by atoms with Crippen LogP contribution < -0.4 is 0 Å². The largest absolute Gasteiger partial charge is 0.459 e. The van der Waals surface area contributed by atoms with E-state index in [0.29, 0.717) is 25.4 Å². The topological polar surface area (TPSA) is 74.1 Å². The lowest BCUT2D eigenvalue weighted by molar-refractivity contribution is -0.163. The summed E-state index contributed by atoms with van der Waals surface area (Å²) in [6, 6.07) is 9.20. The van der Waals surface area contributed by atoms with Gasteiger partial charge in [0.2, 0.25) is 5.91 Å². The average molecular weight is 454 g/mol. The molecular formula is C24H27N3O4S. The summed E-state index contributed by atoms with van der Waals surface area (Å²) in [6.07, 6.45) is 2.94. The third-order valence-corrected chi connectivity index (χ3v) is 7.85. The van der Waals surface area contributed by atoms with E-state index in [2.05, 4.69) is 32.0 Å². The number of furan rings is 1. The molecule has 2 aromatic rings. The van der Waals surface area contributed by atoms with Crippen molar-refractivity contribution in [3.8, 4) is 0 Å². The maximum absolute atomic E-state index is 13.4. The van der Waals surface area contributed by atoms with E-state index < -0.39 is 6.04 Å². The Morgan fingerprint density at radius 2 is 1.81 bits per heavy atom. The highest BCUT2D eigenvalue weighted by Gasteiger charge is 2.55. The number of carbonyl (C=O) groups is 3. The first-order chi connectivity index (χ1) is 15.5. The summed E-state index contributed by atoms with van der Waals surface area (Å²) < 4.78 is 5.25. The summed E-state index contributed by atoms with van der Waals surface area (Å²) in [6.45, 7) is 5.93. The van der Waals surface area contributed by atoms with Gasteiger partial charge in [-0.05, 0) is 55.5 Å². The van der Waals surface area contributed by atoms with Gasteiger partial charge in [-0.2, -0.15) is 0 Å². The molecule has 1 aromatic heterocycles. The predicted octanol–water partition coefficient (Wildman–Crippen LogP) is 3.62. The van der Waals surface area contributed by atoms with E-state index in [9.17, 15) is 14.4 Å². The van der Waals surface area contributed by atoms with Gasteiger partial charge in [-0.1, -0.05) is 30.0 Å². The Hall–Kier alpha value is -2.74. The van der Waals surface area contributed by atoms with E-state index in [1.165, 1.54) is 29.2 Å². The number of β-lactam (4-membered cyclic amide) rings is 1. The highest BCUT2D eigenvalue weighted by molar-refractivity contribution is 8.13. The second kappa shape index (κ2) is 8.31. The normalized spacial score (nSPS) is 24.2. The highest BCUT2D eigenvalue weighted by atomic mass is 32.2. The van der Waals surface area contributed by atoms with Crippen molar-refractivity contribution in [3.63, 3.8) is 0 Å². The molecule has 0 bridgehead atoms. The van der Waals surface area contributed by atoms with Crippen molar-refractivity contribution >= 4 is 28.8 Å². The number of piperidine rings is 1. The first-order valence-electron chi connectivity index (χ1n) is 11.1. The van der Waals surface area contributed by atoms with Gasteiger partial charge in [0.05, 0.1) is 12.3 Å². The zero-order valence-corrected chi connectivity index (χ0v) is 19.1. The SMILES string of the molecule is Cc1ccc(C2C(N3CCSC3=O)C(=O)N2C2CCN(C(=O)c3ccco3)CC2)cc1C. The van der Waals surface area contributed by atoms with Crippen molar-refractivity contribution in [1.82, 2.24) is 14.7 Å². The highest BCUT2D eigenvalue weighted by Crippen LogP contribution is 2.44. The molecule has 32 heavy (non-hydrogen) atoms. The lowest BCUT2D eigenvalue weighted by atomic mass is 9.83. The first kappa shape index (κ1) is 21.1. The first-order valence-corrected chi connectivity index (χ1v) is 12.1. The van der Waals surface area contributed by atoms with E-state index in [1.807, 2.05) is 4.90 Å². The molecule has 0 spiro atoms. The molecule has 3 aliphatic rings. The molecule has 3 fully saturated rings. The molecule has 0 radical (unpaired) electrons. The van der Waals surface area contributed by atoms with Gasteiger partial charge in [0.25, 0.3) is 11.1 Å². The Kier molecular flexibility index (Phi) is 5.49. The number of likely N-dealkylation sites (tertiary alicyclic amines) is 2. The van der Waals surface area contributed by atoms with Crippen molar-refractivity contribution in [2.24, 2.45) is 0 Å². The Labute approximate surface area is 191 Å². The van der Waals surface area contributed by atoms with Crippen molar-refractivity contribution in [3.05, 3.63) is 59.0 Å². The minimum atomic E-state index is -0.428. The van der Waals surface area contributed by atoms with Gasteiger partial charge in [-0.15, -0.1) is 0 Å². The Morgan fingerprint density at radius 1 is 1.03 bits per heavy atom. The van der Waals surface area contributed by atoms with Crippen LogP contribution in [0.4, 0.5) is 4.79 Å². The quantitative estimate of drug-likeness (QED) is 0.661. The number of hydrogen-bond acceptors (Lipinski definition) is 5. The van der Waals surface area contributed by atoms with Crippen LogP contribution in [0.15, 0.2) is 41.0 Å². The third kappa shape index (κ3) is 3.50. The molecule has 3 aliphatic heterocycles. The molecule has 3 saturated heterocycles. The van der Waals surface area contributed by atoms with Crippen LogP contribution in [-0.2, 0) is 4.79 Å². The minimum absolute atomic E-state index is 0.00398. The molecule has 0 aliphatic carbocycles. The molecule has 2 unspecified atom stereocenters. The van der Waals surface area contributed by atoms with Crippen molar-refractivity contribution in [2.75, 3.05) is 25.4 Å². The van der Waals surface area contributed by atoms with Gasteiger partial charge in [0, 0.05) is 31.4 Å². The van der Waals surface area contributed by atoms with Crippen LogP contribution in [0.25, 0.3) is 0 Å². The van der Waals surface area contributed by atoms with Crippen molar-refractivity contribution < 1.29 is 18.8 Å². The van der Waals surface area contributed by atoms with Crippen LogP contribution in [0, 0.1) is 13.8 Å². The van der Waals surface area contributed by atoms with E-state index in [1.54, 1.807) is 21.9 Å². The number of amides is 3. The van der Waals surface area contributed by atoms with Gasteiger partial charge < -0.3 is 19.1 Å². The van der Waals surface area contributed by atoms with Gasteiger partial charge in [-0.25, -0.2) is 0 Å². The molecule has 3 amide bonds. The van der Waals surface area contributed by atoms with Gasteiger partial charge in [-0.3, -0.25) is 14.4 Å². The Balaban J connectivity index is 1.36. The molecule has 168 valence electrons. The number of carbonyl (C=O) groups excluding carboxylic acids is 3. The summed E-state index contributed by atoms with van der Waals surface area (Å²) in [5.41, 5.74) is 3.47. The van der Waals surface area contributed by atoms with E-state index in [-0.39, 0.29) is 29.1 Å². The molecule has 1 aromatic carbocycles. The lowest BCUT2D eigenvalue weighted by Crippen LogP contribution is -2.69. The fourth-order valence-electron chi connectivity index (χ4n) is 5.06. The zero-order valence-electron chi connectivity index (χ0n) is 18.3. The van der Waals surface area contributed by atoms with E-state index in [0.717, 1.165) is 24.2 Å². The summed E-state index contributed by atoms with van der Waals surface area (Å²) in [5.74, 6) is 1.00. The number of rotatable bonds is 4. The molecule has 7 nitrogen and oxygen atoms in total. The van der Waals surface area contributed by atoms with E-state index >= 15 is 0 Å². The second-order valence-corrected chi connectivity index (χ2v) is 9.83. The monoisotopic (exact) mass is 453 g/mol. The molecule has 0 N–H and O–H groups in total. The molecule has 5 rings (SSSR count). The van der Waals surface area contributed by atoms with Crippen LogP contribution in [0.5, 0.6) is 0 Å². The Bertz CT molecular complexity index is 1050. The third-order valence-electron chi connectivity index (χ3n) is 6.98. The van der Waals surface area contributed by atoms with Crippen molar-refractivity contribution in [1.29, 1.82) is 0 Å². The van der Waals surface area contributed by atoms with Gasteiger partial charge >= 0.3 is 0 Å². The molecule has 2 atom stereocenters. The van der Waals surface area contributed by atoms with Crippen LogP contribution in [-0.4, -0.2) is 69.2 Å². The van der Waals surface area contributed by atoms with E-state index in [4.69, 9.17) is 4.42 Å².